The van der Waals surface area contributed by atoms with E-state index in [9.17, 15) is 0 Å². The van der Waals surface area contributed by atoms with Gasteiger partial charge in [0.2, 0.25) is 0 Å². The Morgan fingerprint density at radius 1 is 0.680 bits per heavy atom. The summed E-state index contributed by atoms with van der Waals surface area (Å²) in [7, 11) is 0. The van der Waals surface area contributed by atoms with E-state index in [4.69, 9.17) is 0 Å². The molecule has 0 N–H and O–H groups in total. The number of allylic oxidation sites excluding steroid dienone is 2. The van der Waals surface area contributed by atoms with Crippen LogP contribution in [0.1, 0.15) is 57.4 Å². The Morgan fingerprint density at radius 3 is 2.28 bits per heavy atom. The predicted octanol–water partition coefficient (Wildman–Crippen LogP) is 7.84. The summed E-state index contributed by atoms with van der Waals surface area (Å²) in [6.07, 6.45) is 15.1. The molecule has 0 radical (unpaired) electrons. The van der Waals surface area contributed by atoms with E-state index in [1.54, 1.807) is 0 Å². The second kappa shape index (κ2) is 9.42. The highest BCUT2D eigenvalue weighted by Crippen LogP contribution is 2.26. The molecule has 0 heteroatoms. The van der Waals surface area contributed by atoms with Crippen LogP contribution in [0.25, 0.3) is 21.5 Å². The first-order valence-electron chi connectivity index (χ1n) is 9.90. The molecule has 3 aromatic carbocycles. The molecule has 3 rings (SSSR count). The van der Waals surface area contributed by atoms with Gasteiger partial charge in [-0.2, -0.15) is 0 Å². The number of unbranched alkanes of at least 4 members (excludes halogenated alkanes) is 6. The predicted molar refractivity (Wildman–Crippen MR) is 112 cm³/mol. The Bertz CT molecular complexity index is 826. The molecule has 0 aliphatic heterocycles. The Hall–Kier alpha value is -2.08. The molecular formula is C25H30. The van der Waals surface area contributed by atoms with Gasteiger partial charge < -0.3 is 0 Å². The first-order chi connectivity index (χ1) is 12.4. The highest BCUT2D eigenvalue weighted by molar-refractivity contribution is 6.07. The molecule has 0 unspecified atom stereocenters. The summed E-state index contributed by atoms with van der Waals surface area (Å²) < 4.78 is 0. The third kappa shape index (κ3) is 4.95. The summed E-state index contributed by atoms with van der Waals surface area (Å²) in [4.78, 5) is 0. The van der Waals surface area contributed by atoms with E-state index in [1.807, 2.05) is 0 Å². The van der Waals surface area contributed by atoms with Crippen molar-refractivity contribution in [2.45, 2.75) is 58.3 Å². The smallest absolute Gasteiger partial charge is 0.0105 e. The van der Waals surface area contributed by atoms with E-state index >= 15 is 0 Å². The molecular weight excluding hydrogens is 300 g/mol. The van der Waals surface area contributed by atoms with Crippen LogP contribution < -0.4 is 0 Å². The van der Waals surface area contributed by atoms with E-state index in [1.165, 1.54) is 78.5 Å². The topological polar surface area (TPSA) is 0 Å². The molecule has 0 amide bonds. The lowest BCUT2D eigenvalue weighted by Crippen LogP contribution is -1.87. The molecule has 0 atom stereocenters. The van der Waals surface area contributed by atoms with Gasteiger partial charge in [0, 0.05) is 0 Å². The fraction of sp³-hybridized carbons (Fsp3) is 0.360. The van der Waals surface area contributed by atoms with Gasteiger partial charge in [0.25, 0.3) is 0 Å². The van der Waals surface area contributed by atoms with Gasteiger partial charge in [-0.3, -0.25) is 0 Å². The summed E-state index contributed by atoms with van der Waals surface area (Å²) in [5.41, 5.74) is 1.48. The SMILES string of the molecule is CC=CCCCCCCCCc1ccc2c(ccc3ccccc32)c1. The molecule has 0 saturated carbocycles. The van der Waals surface area contributed by atoms with Crippen LogP contribution in [-0.4, -0.2) is 0 Å². The van der Waals surface area contributed by atoms with Crippen LogP contribution in [0.4, 0.5) is 0 Å². The average Bonchev–Trinajstić information content (AvgIpc) is 2.66. The second-order valence-electron chi connectivity index (χ2n) is 7.07. The van der Waals surface area contributed by atoms with Crippen LogP contribution >= 0.6 is 0 Å². The van der Waals surface area contributed by atoms with Crippen molar-refractivity contribution in [3.8, 4) is 0 Å². The largest absolute Gasteiger partial charge is 0.0917 e. The fourth-order valence-electron chi connectivity index (χ4n) is 3.68. The van der Waals surface area contributed by atoms with Crippen molar-refractivity contribution >= 4 is 21.5 Å². The first kappa shape index (κ1) is 17.7. The quantitative estimate of drug-likeness (QED) is 0.213. The summed E-state index contributed by atoms with van der Waals surface area (Å²) >= 11 is 0. The van der Waals surface area contributed by atoms with Gasteiger partial charge >= 0.3 is 0 Å². The molecule has 0 spiro atoms. The minimum Gasteiger partial charge on any atom is -0.0917 e. The molecule has 0 aromatic heterocycles. The zero-order chi connectivity index (χ0) is 17.3. The number of hydrogen-bond acceptors (Lipinski definition) is 0. The molecule has 0 bridgehead atoms. The van der Waals surface area contributed by atoms with Crippen molar-refractivity contribution in [2.24, 2.45) is 0 Å². The number of fused-ring (bicyclic) bond motifs is 3. The highest BCUT2D eigenvalue weighted by Gasteiger charge is 2.01. The monoisotopic (exact) mass is 330 g/mol. The molecule has 130 valence electrons. The summed E-state index contributed by atoms with van der Waals surface area (Å²) in [6.45, 7) is 2.11. The molecule has 0 saturated heterocycles. The lowest BCUT2D eigenvalue weighted by atomic mass is 9.98. The summed E-state index contributed by atoms with van der Waals surface area (Å²) in [5, 5.41) is 5.45. The van der Waals surface area contributed by atoms with Crippen LogP contribution in [0.3, 0.4) is 0 Å². The maximum absolute atomic E-state index is 2.39. The third-order valence-electron chi connectivity index (χ3n) is 5.13. The Balaban J connectivity index is 1.49. The Kier molecular flexibility index (Phi) is 6.68. The first-order valence-corrected chi connectivity index (χ1v) is 9.90. The Labute approximate surface area is 152 Å². The van der Waals surface area contributed by atoms with Crippen LogP contribution in [0.15, 0.2) is 66.7 Å². The summed E-state index contributed by atoms with van der Waals surface area (Å²) in [6, 6.07) is 20.2. The van der Waals surface area contributed by atoms with E-state index in [0.717, 1.165) is 0 Å². The Morgan fingerprint density at radius 2 is 1.40 bits per heavy atom. The van der Waals surface area contributed by atoms with Crippen molar-refractivity contribution in [1.82, 2.24) is 0 Å². The van der Waals surface area contributed by atoms with Gasteiger partial charge in [-0.1, -0.05) is 92.4 Å². The van der Waals surface area contributed by atoms with E-state index < -0.39 is 0 Å². The van der Waals surface area contributed by atoms with Gasteiger partial charge in [-0.25, -0.2) is 0 Å². The molecule has 0 aliphatic rings. The van der Waals surface area contributed by atoms with E-state index in [0.29, 0.717) is 0 Å². The standard InChI is InChI=1S/C25H30/c1-2-3-4-5-6-7-8-9-10-13-21-16-19-25-23(20-21)18-17-22-14-11-12-15-24(22)25/h2-3,11-12,14-20H,4-10,13H2,1H3. The fourth-order valence-corrected chi connectivity index (χ4v) is 3.68. The van der Waals surface area contributed by atoms with Crippen molar-refractivity contribution in [3.05, 3.63) is 72.3 Å². The van der Waals surface area contributed by atoms with Crippen LogP contribution in [-0.2, 0) is 6.42 Å². The number of aryl methyl sites for hydroxylation is 1. The van der Waals surface area contributed by atoms with Crippen molar-refractivity contribution < 1.29 is 0 Å². The zero-order valence-electron chi connectivity index (χ0n) is 15.5. The van der Waals surface area contributed by atoms with Gasteiger partial charge in [-0.15, -0.1) is 0 Å². The molecule has 3 aromatic rings. The average molecular weight is 331 g/mol. The highest BCUT2D eigenvalue weighted by atomic mass is 14.1. The van der Waals surface area contributed by atoms with Gasteiger partial charge in [-0.05, 0) is 59.7 Å². The summed E-state index contributed by atoms with van der Waals surface area (Å²) in [5.74, 6) is 0. The van der Waals surface area contributed by atoms with E-state index in [-0.39, 0.29) is 0 Å². The lowest BCUT2D eigenvalue weighted by Gasteiger charge is -2.07. The van der Waals surface area contributed by atoms with Crippen molar-refractivity contribution in [1.29, 1.82) is 0 Å². The zero-order valence-corrected chi connectivity index (χ0v) is 15.5. The number of hydrogen-bond donors (Lipinski definition) is 0. The number of rotatable bonds is 9. The van der Waals surface area contributed by atoms with Crippen LogP contribution in [0.5, 0.6) is 0 Å². The van der Waals surface area contributed by atoms with Crippen LogP contribution in [0, 0.1) is 0 Å². The minimum atomic E-state index is 1.21. The third-order valence-corrected chi connectivity index (χ3v) is 5.13. The normalized spacial score (nSPS) is 11.7. The molecule has 25 heavy (non-hydrogen) atoms. The maximum Gasteiger partial charge on any atom is -0.0105 e. The number of benzene rings is 3. The molecule has 0 aliphatic carbocycles. The minimum absolute atomic E-state index is 1.21. The molecule has 0 fully saturated rings. The van der Waals surface area contributed by atoms with Gasteiger partial charge in [0.05, 0.1) is 0 Å². The van der Waals surface area contributed by atoms with Gasteiger partial charge in [0.15, 0.2) is 0 Å². The molecule has 0 nitrogen and oxygen atoms in total. The lowest BCUT2D eigenvalue weighted by molar-refractivity contribution is 0.597. The molecule has 0 heterocycles. The second-order valence-corrected chi connectivity index (χ2v) is 7.07. The van der Waals surface area contributed by atoms with Crippen molar-refractivity contribution in [2.75, 3.05) is 0 Å². The van der Waals surface area contributed by atoms with Crippen LogP contribution in [0.2, 0.25) is 0 Å². The maximum atomic E-state index is 2.39. The van der Waals surface area contributed by atoms with Gasteiger partial charge in [0.1, 0.15) is 0 Å². The van der Waals surface area contributed by atoms with E-state index in [2.05, 4.69) is 73.7 Å². The van der Waals surface area contributed by atoms with Crippen molar-refractivity contribution in [3.63, 3.8) is 0 Å².